The van der Waals surface area contributed by atoms with Gasteiger partial charge in [-0.05, 0) is 48.8 Å². The Bertz CT molecular complexity index is 401. The number of hydrogen-bond acceptors (Lipinski definition) is 3. The van der Waals surface area contributed by atoms with Gasteiger partial charge >= 0.3 is 0 Å². The zero-order valence-electron chi connectivity index (χ0n) is 12.8. The predicted octanol–water partition coefficient (Wildman–Crippen LogP) is 3.71. The van der Waals surface area contributed by atoms with E-state index in [9.17, 15) is 5.11 Å². The number of aliphatic hydroxyl groups excluding tert-OH is 1. The summed E-state index contributed by atoms with van der Waals surface area (Å²) < 4.78 is 11.0. The molecule has 1 N–H and O–H groups in total. The lowest BCUT2D eigenvalue weighted by atomic mass is 9.76. The molecule has 0 aromatic heterocycles. The van der Waals surface area contributed by atoms with Crippen LogP contribution in [0.3, 0.4) is 0 Å². The van der Waals surface area contributed by atoms with Gasteiger partial charge in [0.1, 0.15) is 11.9 Å². The summed E-state index contributed by atoms with van der Waals surface area (Å²) >= 11 is 0. The van der Waals surface area contributed by atoms with Crippen LogP contribution in [0.1, 0.15) is 51.2 Å². The van der Waals surface area contributed by atoms with Crippen molar-refractivity contribution < 1.29 is 14.6 Å². The Balaban J connectivity index is 1.78. The highest BCUT2D eigenvalue weighted by Crippen LogP contribution is 2.36. The first kappa shape index (κ1) is 15.3. The van der Waals surface area contributed by atoms with Gasteiger partial charge in [-0.3, -0.25) is 0 Å². The minimum atomic E-state index is -0.559. The fourth-order valence-electron chi connectivity index (χ4n) is 2.69. The van der Waals surface area contributed by atoms with Crippen molar-refractivity contribution in [3.05, 3.63) is 29.8 Å². The average molecular weight is 278 g/mol. The molecule has 0 spiro atoms. The second kappa shape index (κ2) is 6.59. The first-order chi connectivity index (χ1) is 9.50. The zero-order chi connectivity index (χ0) is 14.6. The second-order valence-corrected chi connectivity index (χ2v) is 6.49. The van der Waals surface area contributed by atoms with E-state index < -0.39 is 6.10 Å². The highest BCUT2D eigenvalue weighted by atomic mass is 16.5. The molecule has 20 heavy (non-hydrogen) atoms. The molecular formula is C17H26O3. The van der Waals surface area contributed by atoms with Gasteiger partial charge in [0.05, 0.1) is 19.8 Å². The quantitative estimate of drug-likeness (QED) is 0.892. The van der Waals surface area contributed by atoms with Crippen LogP contribution in [0.15, 0.2) is 24.3 Å². The molecule has 1 aromatic rings. The molecular weight excluding hydrogens is 252 g/mol. The summed E-state index contributed by atoms with van der Waals surface area (Å²) in [4.78, 5) is 0. The Labute approximate surface area is 121 Å². The van der Waals surface area contributed by atoms with E-state index in [-0.39, 0.29) is 0 Å². The number of rotatable bonds is 5. The van der Waals surface area contributed by atoms with E-state index in [1.165, 1.54) is 12.8 Å². The SMILES string of the molecule is COc1ccc(C(O)COC2CCC(C)(C)CC2)cc1. The average Bonchev–Trinajstić information content (AvgIpc) is 2.46. The second-order valence-electron chi connectivity index (χ2n) is 6.49. The molecule has 1 fully saturated rings. The Hall–Kier alpha value is -1.06. The number of ether oxygens (including phenoxy) is 2. The number of methoxy groups -OCH3 is 1. The fraction of sp³-hybridized carbons (Fsp3) is 0.647. The monoisotopic (exact) mass is 278 g/mol. The summed E-state index contributed by atoms with van der Waals surface area (Å²) in [6.45, 7) is 5.00. The van der Waals surface area contributed by atoms with Gasteiger partial charge in [-0.15, -0.1) is 0 Å². The standard InChI is InChI=1S/C17H26O3/c1-17(2)10-8-15(9-11-17)20-12-16(18)13-4-6-14(19-3)7-5-13/h4-7,15-16,18H,8-12H2,1-3H3. The molecule has 3 nitrogen and oxygen atoms in total. The van der Waals surface area contributed by atoms with Crippen molar-refractivity contribution in [1.29, 1.82) is 0 Å². The molecule has 1 aromatic carbocycles. The lowest BCUT2D eigenvalue weighted by Crippen LogP contribution is -2.27. The Morgan fingerprint density at radius 3 is 2.35 bits per heavy atom. The van der Waals surface area contributed by atoms with Crippen molar-refractivity contribution in [3.8, 4) is 5.75 Å². The van der Waals surface area contributed by atoms with Gasteiger partial charge in [-0.2, -0.15) is 0 Å². The van der Waals surface area contributed by atoms with E-state index in [2.05, 4.69) is 13.8 Å². The van der Waals surface area contributed by atoms with Crippen LogP contribution in [0.2, 0.25) is 0 Å². The molecule has 0 amide bonds. The summed E-state index contributed by atoms with van der Waals surface area (Å²) in [6, 6.07) is 7.50. The van der Waals surface area contributed by atoms with Gasteiger partial charge in [0, 0.05) is 0 Å². The smallest absolute Gasteiger partial charge is 0.118 e. The van der Waals surface area contributed by atoms with Crippen LogP contribution >= 0.6 is 0 Å². The molecule has 1 saturated carbocycles. The van der Waals surface area contributed by atoms with Crippen LogP contribution in [0.5, 0.6) is 5.75 Å². The Morgan fingerprint density at radius 1 is 1.20 bits per heavy atom. The lowest BCUT2D eigenvalue weighted by Gasteiger charge is -2.34. The highest BCUT2D eigenvalue weighted by molar-refractivity contribution is 5.28. The minimum absolute atomic E-state index is 0.302. The third kappa shape index (κ3) is 4.22. The van der Waals surface area contributed by atoms with Gasteiger partial charge in [0.25, 0.3) is 0 Å². The van der Waals surface area contributed by atoms with Crippen molar-refractivity contribution >= 4 is 0 Å². The molecule has 3 heteroatoms. The lowest BCUT2D eigenvalue weighted by molar-refractivity contribution is -0.0380. The number of aliphatic hydroxyl groups is 1. The van der Waals surface area contributed by atoms with E-state index in [1.807, 2.05) is 24.3 Å². The normalized spacial score (nSPS) is 20.6. The maximum absolute atomic E-state index is 10.2. The summed E-state index contributed by atoms with van der Waals surface area (Å²) in [5, 5.41) is 10.2. The summed E-state index contributed by atoms with van der Waals surface area (Å²) in [5.74, 6) is 0.802. The van der Waals surface area contributed by atoms with Crippen molar-refractivity contribution in [2.45, 2.75) is 51.7 Å². The summed E-state index contributed by atoms with van der Waals surface area (Å²) in [5.41, 5.74) is 1.33. The molecule has 0 bridgehead atoms. The zero-order valence-corrected chi connectivity index (χ0v) is 12.8. The van der Waals surface area contributed by atoms with Crippen molar-refractivity contribution in [2.24, 2.45) is 5.41 Å². The molecule has 112 valence electrons. The van der Waals surface area contributed by atoms with Crippen molar-refractivity contribution in [1.82, 2.24) is 0 Å². The van der Waals surface area contributed by atoms with Gasteiger partial charge in [0.2, 0.25) is 0 Å². The molecule has 0 aliphatic heterocycles. The van der Waals surface area contributed by atoms with Crippen LogP contribution in [-0.2, 0) is 4.74 Å². The maximum atomic E-state index is 10.2. The third-order valence-corrected chi connectivity index (χ3v) is 4.28. The van der Waals surface area contributed by atoms with Gasteiger partial charge < -0.3 is 14.6 Å². The minimum Gasteiger partial charge on any atom is -0.497 e. The largest absolute Gasteiger partial charge is 0.497 e. The maximum Gasteiger partial charge on any atom is 0.118 e. The highest BCUT2D eigenvalue weighted by Gasteiger charge is 2.27. The fourth-order valence-corrected chi connectivity index (χ4v) is 2.69. The Kier molecular flexibility index (Phi) is 5.06. The third-order valence-electron chi connectivity index (χ3n) is 4.28. The number of hydrogen-bond donors (Lipinski definition) is 1. The molecule has 1 aliphatic rings. The topological polar surface area (TPSA) is 38.7 Å². The van der Waals surface area contributed by atoms with Crippen molar-refractivity contribution in [2.75, 3.05) is 13.7 Å². The molecule has 1 atom stereocenters. The van der Waals surface area contributed by atoms with Crippen LogP contribution in [0.4, 0.5) is 0 Å². The van der Waals surface area contributed by atoms with Gasteiger partial charge in [-0.1, -0.05) is 26.0 Å². The van der Waals surface area contributed by atoms with Crippen LogP contribution in [-0.4, -0.2) is 24.9 Å². The first-order valence-corrected chi connectivity index (χ1v) is 7.44. The van der Waals surface area contributed by atoms with Crippen LogP contribution in [0, 0.1) is 5.41 Å². The van der Waals surface area contributed by atoms with Crippen LogP contribution in [0.25, 0.3) is 0 Å². The molecule has 2 rings (SSSR count). The van der Waals surface area contributed by atoms with Gasteiger partial charge in [-0.25, -0.2) is 0 Å². The molecule has 0 radical (unpaired) electrons. The predicted molar refractivity (Wildman–Crippen MR) is 79.9 cm³/mol. The van der Waals surface area contributed by atoms with E-state index in [4.69, 9.17) is 9.47 Å². The first-order valence-electron chi connectivity index (χ1n) is 7.44. The Morgan fingerprint density at radius 2 is 1.80 bits per heavy atom. The van der Waals surface area contributed by atoms with E-state index in [1.54, 1.807) is 7.11 Å². The molecule has 1 unspecified atom stereocenters. The van der Waals surface area contributed by atoms with E-state index in [0.29, 0.717) is 18.1 Å². The summed E-state index contributed by atoms with van der Waals surface area (Å²) in [6.07, 6.45) is 4.35. The molecule has 1 aliphatic carbocycles. The van der Waals surface area contributed by atoms with Gasteiger partial charge in [0.15, 0.2) is 0 Å². The molecule has 0 heterocycles. The van der Waals surface area contributed by atoms with Crippen molar-refractivity contribution in [3.63, 3.8) is 0 Å². The number of benzene rings is 1. The van der Waals surface area contributed by atoms with Crippen LogP contribution < -0.4 is 4.74 Å². The molecule has 0 saturated heterocycles. The van der Waals surface area contributed by atoms with E-state index >= 15 is 0 Å². The van der Waals surface area contributed by atoms with E-state index in [0.717, 1.165) is 24.2 Å². The summed E-state index contributed by atoms with van der Waals surface area (Å²) in [7, 11) is 1.64.